The minimum Gasteiger partial charge on any atom is -0.368 e. The fourth-order valence-electron chi connectivity index (χ4n) is 4.32. The van der Waals surface area contributed by atoms with Crippen LogP contribution in [-0.4, -0.2) is 60.5 Å². The minimum absolute atomic E-state index is 0.129. The SMILES string of the molecule is O=C(CCC1CCCCC1)N1CCCN(C(=O)C2CCCO2)CC1. The van der Waals surface area contributed by atoms with Gasteiger partial charge in [0.2, 0.25) is 5.91 Å². The van der Waals surface area contributed by atoms with Gasteiger partial charge in [-0.15, -0.1) is 0 Å². The zero-order chi connectivity index (χ0) is 16.8. The van der Waals surface area contributed by atoms with Crippen LogP contribution in [0.5, 0.6) is 0 Å². The van der Waals surface area contributed by atoms with Gasteiger partial charge in [-0.05, 0) is 31.6 Å². The van der Waals surface area contributed by atoms with Crippen molar-refractivity contribution in [2.24, 2.45) is 5.92 Å². The number of hydrogen-bond donors (Lipinski definition) is 0. The molecule has 2 amide bonds. The predicted molar refractivity (Wildman–Crippen MR) is 92.6 cm³/mol. The number of carbonyl (C=O) groups is 2. The van der Waals surface area contributed by atoms with Crippen LogP contribution in [0.25, 0.3) is 0 Å². The molecular formula is C19H32N2O3. The van der Waals surface area contributed by atoms with Gasteiger partial charge in [0.1, 0.15) is 6.10 Å². The fraction of sp³-hybridized carbons (Fsp3) is 0.895. The Morgan fingerprint density at radius 2 is 1.58 bits per heavy atom. The van der Waals surface area contributed by atoms with E-state index in [-0.39, 0.29) is 17.9 Å². The lowest BCUT2D eigenvalue weighted by Crippen LogP contribution is -2.41. The normalized spacial score (nSPS) is 26.4. The van der Waals surface area contributed by atoms with Gasteiger partial charge in [-0.2, -0.15) is 0 Å². The lowest BCUT2D eigenvalue weighted by molar-refractivity contribution is -0.141. The summed E-state index contributed by atoms with van der Waals surface area (Å²) in [5.74, 6) is 1.17. The Labute approximate surface area is 145 Å². The van der Waals surface area contributed by atoms with Crippen LogP contribution < -0.4 is 0 Å². The lowest BCUT2D eigenvalue weighted by atomic mass is 9.86. The first-order valence-corrected chi connectivity index (χ1v) is 9.92. The third-order valence-electron chi connectivity index (χ3n) is 5.86. The molecule has 2 heterocycles. The summed E-state index contributed by atoms with van der Waals surface area (Å²) in [6.07, 6.45) is 10.9. The monoisotopic (exact) mass is 336 g/mol. The molecule has 0 aromatic carbocycles. The molecule has 0 radical (unpaired) electrons. The molecule has 5 heteroatoms. The van der Waals surface area contributed by atoms with Crippen molar-refractivity contribution in [1.29, 1.82) is 0 Å². The summed E-state index contributed by atoms with van der Waals surface area (Å²) in [5, 5.41) is 0. The average Bonchev–Trinajstić information content (AvgIpc) is 3.04. The molecule has 136 valence electrons. The lowest BCUT2D eigenvalue weighted by Gasteiger charge is -2.25. The van der Waals surface area contributed by atoms with Crippen molar-refractivity contribution in [1.82, 2.24) is 9.80 Å². The largest absolute Gasteiger partial charge is 0.368 e. The molecular weight excluding hydrogens is 304 g/mol. The third-order valence-corrected chi connectivity index (χ3v) is 5.86. The highest BCUT2D eigenvalue weighted by molar-refractivity contribution is 5.81. The number of carbonyl (C=O) groups excluding carboxylic acids is 2. The highest BCUT2D eigenvalue weighted by Gasteiger charge is 2.30. The molecule has 3 rings (SSSR count). The first-order chi connectivity index (χ1) is 11.7. The van der Waals surface area contributed by atoms with Crippen LogP contribution in [-0.2, 0) is 14.3 Å². The van der Waals surface area contributed by atoms with Gasteiger partial charge in [0, 0.05) is 39.2 Å². The summed E-state index contributed by atoms with van der Waals surface area (Å²) in [4.78, 5) is 28.9. The van der Waals surface area contributed by atoms with Crippen LogP contribution in [0.4, 0.5) is 0 Å². The van der Waals surface area contributed by atoms with Crippen molar-refractivity contribution in [3.8, 4) is 0 Å². The van der Waals surface area contributed by atoms with Gasteiger partial charge in [0.25, 0.3) is 5.91 Å². The second kappa shape index (κ2) is 8.84. The van der Waals surface area contributed by atoms with Gasteiger partial charge in [0.05, 0.1) is 0 Å². The molecule has 1 unspecified atom stereocenters. The molecule has 3 fully saturated rings. The number of rotatable bonds is 4. The van der Waals surface area contributed by atoms with Crippen molar-refractivity contribution in [2.45, 2.75) is 70.3 Å². The first-order valence-electron chi connectivity index (χ1n) is 9.92. The van der Waals surface area contributed by atoms with E-state index in [4.69, 9.17) is 4.74 Å². The van der Waals surface area contributed by atoms with Gasteiger partial charge < -0.3 is 14.5 Å². The van der Waals surface area contributed by atoms with Crippen LogP contribution in [0.2, 0.25) is 0 Å². The summed E-state index contributed by atoms with van der Waals surface area (Å²) < 4.78 is 5.52. The highest BCUT2D eigenvalue weighted by Crippen LogP contribution is 2.27. The van der Waals surface area contributed by atoms with Gasteiger partial charge in [-0.1, -0.05) is 32.1 Å². The molecule has 0 N–H and O–H groups in total. The highest BCUT2D eigenvalue weighted by atomic mass is 16.5. The van der Waals surface area contributed by atoms with E-state index in [1.54, 1.807) is 0 Å². The Balaban J connectivity index is 1.42. The van der Waals surface area contributed by atoms with Gasteiger partial charge in [-0.25, -0.2) is 0 Å². The van der Waals surface area contributed by atoms with Crippen LogP contribution in [0.15, 0.2) is 0 Å². The summed E-state index contributed by atoms with van der Waals surface area (Å²) in [7, 11) is 0. The van der Waals surface area contributed by atoms with Gasteiger partial charge in [0.15, 0.2) is 0 Å². The van der Waals surface area contributed by atoms with Crippen molar-refractivity contribution in [2.75, 3.05) is 32.8 Å². The van der Waals surface area contributed by atoms with E-state index >= 15 is 0 Å². The van der Waals surface area contributed by atoms with Crippen LogP contribution in [0.3, 0.4) is 0 Å². The molecule has 0 aromatic heterocycles. The van der Waals surface area contributed by atoms with E-state index in [1.807, 2.05) is 9.80 Å². The smallest absolute Gasteiger partial charge is 0.251 e. The Bertz CT molecular complexity index is 428. The Morgan fingerprint density at radius 1 is 0.833 bits per heavy atom. The summed E-state index contributed by atoms with van der Waals surface area (Å²) in [5.41, 5.74) is 0. The van der Waals surface area contributed by atoms with Crippen molar-refractivity contribution >= 4 is 11.8 Å². The molecule has 1 aliphatic carbocycles. The maximum atomic E-state index is 12.5. The fourth-order valence-corrected chi connectivity index (χ4v) is 4.32. The Hall–Kier alpha value is -1.10. The van der Waals surface area contributed by atoms with Crippen LogP contribution in [0.1, 0.15) is 64.2 Å². The molecule has 0 spiro atoms. The van der Waals surface area contributed by atoms with E-state index in [1.165, 1.54) is 32.1 Å². The first kappa shape index (κ1) is 17.7. The number of amides is 2. The van der Waals surface area contributed by atoms with E-state index in [9.17, 15) is 9.59 Å². The van der Waals surface area contributed by atoms with Crippen molar-refractivity contribution < 1.29 is 14.3 Å². The standard InChI is InChI=1S/C19H32N2O3/c22-18(10-9-16-6-2-1-3-7-16)20-11-5-12-21(14-13-20)19(23)17-8-4-15-24-17/h16-17H,1-15H2. The second-order valence-corrected chi connectivity index (χ2v) is 7.60. The van der Waals surface area contributed by atoms with E-state index in [2.05, 4.69) is 0 Å². The zero-order valence-electron chi connectivity index (χ0n) is 14.9. The number of hydrogen-bond acceptors (Lipinski definition) is 3. The number of nitrogens with zero attached hydrogens (tertiary/aromatic N) is 2. The predicted octanol–water partition coefficient (Wildman–Crippen LogP) is 2.59. The van der Waals surface area contributed by atoms with E-state index in [0.717, 1.165) is 44.7 Å². The molecule has 24 heavy (non-hydrogen) atoms. The summed E-state index contributed by atoms with van der Waals surface area (Å²) in [6.45, 7) is 3.59. The zero-order valence-corrected chi connectivity index (χ0v) is 14.9. The van der Waals surface area contributed by atoms with E-state index < -0.39 is 0 Å². The molecule has 2 aliphatic heterocycles. The van der Waals surface area contributed by atoms with Gasteiger partial charge in [-0.3, -0.25) is 9.59 Å². The second-order valence-electron chi connectivity index (χ2n) is 7.60. The van der Waals surface area contributed by atoms with Crippen LogP contribution in [0, 0.1) is 5.92 Å². The Kier molecular flexibility index (Phi) is 6.52. The molecule has 2 saturated heterocycles. The topological polar surface area (TPSA) is 49.9 Å². The maximum absolute atomic E-state index is 12.5. The molecule has 1 atom stereocenters. The Morgan fingerprint density at radius 3 is 2.33 bits per heavy atom. The third kappa shape index (κ3) is 4.71. The maximum Gasteiger partial charge on any atom is 0.251 e. The van der Waals surface area contributed by atoms with Crippen LogP contribution >= 0.6 is 0 Å². The number of ether oxygens (including phenoxy) is 1. The summed E-state index contributed by atoms with van der Waals surface area (Å²) in [6, 6.07) is 0. The van der Waals surface area contributed by atoms with Gasteiger partial charge >= 0.3 is 0 Å². The average molecular weight is 336 g/mol. The summed E-state index contributed by atoms with van der Waals surface area (Å²) >= 11 is 0. The van der Waals surface area contributed by atoms with E-state index in [0.29, 0.717) is 26.1 Å². The molecule has 1 saturated carbocycles. The van der Waals surface area contributed by atoms with Crippen molar-refractivity contribution in [3.05, 3.63) is 0 Å². The molecule has 0 bridgehead atoms. The molecule has 5 nitrogen and oxygen atoms in total. The van der Waals surface area contributed by atoms with Crippen molar-refractivity contribution in [3.63, 3.8) is 0 Å². The molecule has 0 aromatic rings. The minimum atomic E-state index is -0.237. The molecule has 3 aliphatic rings. The quantitative estimate of drug-likeness (QED) is 0.793.